The average Bonchev–Trinajstić information content (AvgIpc) is 2.40. The largest absolute Gasteiger partial charge is 0.466 e. The molecule has 140 valence electrons. The van der Waals surface area contributed by atoms with E-state index in [0.717, 1.165) is 0 Å². The molecule has 0 amide bonds. The van der Waals surface area contributed by atoms with Crippen LogP contribution in [-0.2, 0) is 18.7 Å². The Bertz CT molecular complexity index is 457. The summed E-state index contributed by atoms with van der Waals surface area (Å²) >= 11 is 0. The second-order valence-electron chi connectivity index (χ2n) is 8.39. The molecule has 1 heterocycles. The van der Waals surface area contributed by atoms with Gasteiger partial charge in [0.1, 0.15) is 6.10 Å². The molecule has 0 radical (unpaired) electrons. The maximum Gasteiger partial charge on any atom is 0.308 e. The number of ether oxygens (including phenoxy) is 2. The summed E-state index contributed by atoms with van der Waals surface area (Å²) in [6, 6.07) is 0. The van der Waals surface area contributed by atoms with Crippen molar-refractivity contribution >= 4 is 14.3 Å². The molecule has 0 aromatic heterocycles. The molecular weight excluding hydrogens is 324 g/mol. The van der Waals surface area contributed by atoms with Crippen LogP contribution in [0.5, 0.6) is 0 Å². The zero-order valence-electron chi connectivity index (χ0n) is 16.2. The van der Waals surface area contributed by atoms with Gasteiger partial charge < -0.3 is 19.0 Å². The predicted molar refractivity (Wildman–Crippen MR) is 97.1 cm³/mol. The third-order valence-corrected chi connectivity index (χ3v) is 9.61. The Morgan fingerprint density at radius 3 is 2.50 bits per heavy atom. The van der Waals surface area contributed by atoms with Gasteiger partial charge >= 0.3 is 5.97 Å². The number of hydrogen-bond donors (Lipinski definition) is 1. The Kier molecular flexibility index (Phi) is 6.83. The molecule has 1 N–H and O–H groups in total. The number of hydrogen-bond acceptors (Lipinski definition) is 5. The van der Waals surface area contributed by atoms with Crippen molar-refractivity contribution in [3.8, 4) is 0 Å². The molecule has 0 aromatic carbocycles. The summed E-state index contributed by atoms with van der Waals surface area (Å²) in [7, 11) is -2.06. The van der Waals surface area contributed by atoms with Crippen LogP contribution in [0.2, 0.25) is 18.1 Å². The minimum Gasteiger partial charge on any atom is -0.466 e. The quantitative estimate of drug-likeness (QED) is 0.446. The summed E-state index contributed by atoms with van der Waals surface area (Å²) < 4.78 is 17.2. The van der Waals surface area contributed by atoms with E-state index in [0.29, 0.717) is 13.0 Å². The Morgan fingerprint density at radius 2 is 2.04 bits per heavy atom. The molecule has 0 spiro atoms. The fourth-order valence-corrected chi connectivity index (χ4v) is 4.07. The van der Waals surface area contributed by atoms with Crippen molar-refractivity contribution in [1.82, 2.24) is 0 Å². The van der Waals surface area contributed by atoms with Crippen molar-refractivity contribution in [2.75, 3.05) is 6.61 Å². The van der Waals surface area contributed by atoms with Crippen LogP contribution in [0.25, 0.3) is 0 Å². The fraction of sp³-hybridized carbons (Fsp3) is 0.833. The fourth-order valence-electron chi connectivity index (χ4n) is 2.74. The van der Waals surface area contributed by atoms with Crippen molar-refractivity contribution in [3.63, 3.8) is 0 Å². The van der Waals surface area contributed by atoms with Gasteiger partial charge in [-0.05, 0) is 38.4 Å². The molecular formula is C18H34O5Si. The first-order chi connectivity index (χ1) is 10.8. The summed E-state index contributed by atoms with van der Waals surface area (Å²) in [5.41, 5.74) is -0.780. The standard InChI is InChI=1S/C18H34O5Si/c1-9-13-11-18(6,12-14(19)21-10-2)22-16(20)15(13)23-24(7,8)17(3,4)5/h9,13,15-16,20H,1,10-12H2,2-8H3/t13-,15-,16?,18+/m0/s1. The van der Waals surface area contributed by atoms with E-state index in [1.165, 1.54) is 0 Å². The van der Waals surface area contributed by atoms with Gasteiger partial charge in [-0.25, -0.2) is 0 Å². The first kappa shape index (κ1) is 21.3. The molecule has 1 rings (SSSR count). The van der Waals surface area contributed by atoms with Gasteiger partial charge in [-0.1, -0.05) is 26.8 Å². The summed E-state index contributed by atoms with van der Waals surface area (Å²) in [5.74, 6) is -0.402. The van der Waals surface area contributed by atoms with Crippen LogP contribution in [0, 0.1) is 5.92 Å². The number of rotatable bonds is 6. The SMILES string of the molecule is C=C[C@H]1C[C@](C)(CC(=O)OCC)OC(O)[C@H]1O[Si](C)(C)C(C)(C)C. The number of aliphatic hydroxyl groups is 1. The van der Waals surface area contributed by atoms with Crippen LogP contribution >= 0.6 is 0 Å². The highest BCUT2D eigenvalue weighted by atomic mass is 28.4. The van der Waals surface area contributed by atoms with E-state index in [2.05, 4.69) is 40.4 Å². The zero-order valence-corrected chi connectivity index (χ0v) is 17.2. The lowest BCUT2D eigenvalue weighted by molar-refractivity contribution is -0.260. The van der Waals surface area contributed by atoms with Crippen LogP contribution < -0.4 is 0 Å². The average molecular weight is 359 g/mol. The lowest BCUT2D eigenvalue weighted by Gasteiger charge is -2.48. The van der Waals surface area contributed by atoms with Crippen LogP contribution in [0.4, 0.5) is 0 Å². The summed E-state index contributed by atoms with van der Waals surface area (Å²) in [5, 5.41) is 10.6. The molecule has 0 bridgehead atoms. The molecule has 24 heavy (non-hydrogen) atoms. The molecule has 0 aliphatic carbocycles. The highest BCUT2D eigenvalue weighted by molar-refractivity contribution is 6.74. The minimum absolute atomic E-state index is 0.0319. The van der Waals surface area contributed by atoms with Crippen molar-refractivity contribution in [3.05, 3.63) is 12.7 Å². The van der Waals surface area contributed by atoms with Crippen molar-refractivity contribution in [1.29, 1.82) is 0 Å². The number of esters is 1. The highest BCUT2D eigenvalue weighted by Gasteiger charge is 2.48. The number of carbonyl (C=O) groups excluding carboxylic acids is 1. The van der Waals surface area contributed by atoms with Crippen LogP contribution in [-0.4, -0.2) is 44.0 Å². The number of carbonyl (C=O) groups is 1. The van der Waals surface area contributed by atoms with Gasteiger partial charge in [-0.15, -0.1) is 6.58 Å². The third-order valence-electron chi connectivity index (χ3n) is 5.14. The normalized spacial score (nSPS) is 31.6. The van der Waals surface area contributed by atoms with Crippen molar-refractivity contribution < 1.29 is 23.8 Å². The molecule has 1 aliphatic heterocycles. The molecule has 1 aliphatic rings. The first-order valence-electron chi connectivity index (χ1n) is 8.67. The second kappa shape index (κ2) is 7.68. The van der Waals surface area contributed by atoms with Crippen LogP contribution in [0.3, 0.4) is 0 Å². The van der Waals surface area contributed by atoms with E-state index < -0.39 is 26.3 Å². The van der Waals surface area contributed by atoms with Gasteiger partial charge in [-0.3, -0.25) is 4.79 Å². The summed E-state index contributed by atoms with van der Waals surface area (Å²) in [4.78, 5) is 11.8. The monoisotopic (exact) mass is 358 g/mol. The number of aliphatic hydroxyl groups excluding tert-OH is 1. The van der Waals surface area contributed by atoms with Crippen LogP contribution in [0.15, 0.2) is 12.7 Å². The molecule has 0 aromatic rings. The van der Waals surface area contributed by atoms with E-state index in [-0.39, 0.29) is 23.3 Å². The van der Waals surface area contributed by atoms with Gasteiger partial charge in [0.25, 0.3) is 0 Å². The topological polar surface area (TPSA) is 65.0 Å². The smallest absolute Gasteiger partial charge is 0.308 e. The Labute approximate surface area is 147 Å². The van der Waals surface area contributed by atoms with E-state index in [9.17, 15) is 9.90 Å². The minimum atomic E-state index is -2.06. The van der Waals surface area contributed by atoms with Gasteiger partial charge in [0, 0.05) is 5.92 Å². The molecule has 6 heteroatoms. The maximum absolute atomic E-state index is 11.8. The first-order valence-corrected chi connectivity index (χ1v) is 11.6. The zero-order chi connectivity index (χ0) is 18.8. The van der Waals surface area contributed by atoms with Gasteiger partial charge in [-0.2, -0.15) is 0 Å². The van der Waals surface area contributed by atoms with E-state index >= 15 is 0 Å². The van der Waals surface area contributed by atoms with E-state index in [4.69, 9.17) is 13.9 Å². The maximum atomic E-state index is 11.8. The van der Waals surface area contributed by atoms with Gasteiger partial charge in [0.2, 0.25) is 0 Å². The van der Waals surface area contributed by atoms with Gasteiger partial charge in [0.15, 0.2) is 14.6 Å². The Balaban J connectivity index is 2.90. The molecule has 0 saturated carbocycles. The van der Waals surface area contributed by atoms with Crippen LogP contribution in [0.1, 0.15) is 47.5 Å². The molecule has 5 nitrogen and oxygen atoms in total. The third kappa shape index (κ3) is 5.15. The highest BCUT2D eigenvalue weighted by Crippen LogP contribution is 2.42. The molecule has 1 fully saturated rings. The lowest BCUT2D eigenvalue weighted by Crippen LogP contribution is -2.56. The van der Waals surface area contributed by atoms with Gasteiger partial charge in [0.05, 0.1) is 18.6 Å². The second-order valence-corrected chi connectivity index (χ2v) is 13.1. The molecule has 1 unspecified atom stereocenters. The Hall–Kier alpha value is -0.693. The van der Waals surface area contributed by atoms with E-state index in [1.807, 2.05) is 6.92 Å². The summed E-state index contributed by atoms with van der Waals surface area (Å²) in [6.45, 7) is 18.6. The lowest BCUT2D eigenvalue weighted by atomic mass is 9.83. The summed E-state index contributed by atoms with van der Waals surface area (Å²) in [6.07, 6.45) is 0.919. The molecule has 4 atom stereocenters. The van der Waals surface area contributed by atoms with Crippen molar-refractivity contribution in [2.45, 2.75) is 83.6 Å². The molecule has 1 saturated heterocycles. The van der Waals surface area contributed by atoms with Crippen molar-refractivity contribution in [2.24, 2.45) is 5.92 Å². The predicted octanol–water partition coefficient (Wildman–Crippen LogP) is 3.63. The Morgan fingerprint density at radius 1 is 1.46 bits per heavy atom. The van der Waals surface area contributed by atoms with E-state index in [1.54, 1.807) is 13.0 Å².